The smallest absolute Gasteiger partial charge is 0.255 e. The summed E-state index contributed by atoms with van der Waals surface area (Å²) in [5.41, 5.74) is 0. The molecule has 0 unspecified atom stereocenters. The monoisotopic (exact) mass is 181 g/mol. The van der Waals surface area contributed by atoms with Gasteiger partial charge in [-0.1, -0.05) is 0 Å². The van der Waals surface area contributed by atoms with Crippen LogP contribution in [-0.2, 0) is 0 Å². The minimum atomic E-state index is -0.945. The van der Waals surface area contributed by atoms with Gasteiger partial charge in [-0.15, -0.1) is 0 Å². The number of hydrogen-bond donors (Lipinski definition) is 1. The van der Waals surface area contributed by atoms with Crippen molar-refractivity contribution < 1.29 is 13.9 Å². The Morgan fingerprint density at radius 3 is 2.77 bits per heavy atom. The Bertz CT molecular complexity index is 470. The summed E-state index contributed by atoms with van der Waals surface area (Å²) in [5, 5.41) is 9.82. The van der Waals surface area contributed by atoms with Gasteiger partial charge in [0.15, 0.2) is 5.75 Å². The van der Waals surface area contributed by atoms with E-state index < -0.39 is 17.5 Å². The van der Waals surface area contributed by atoms with Crippen LogP contribution in [0.2, 0.25) is 0 Å². The fraction of sp³-hybridized carbons (Fsp3) is 0. The van der Waals surface area contributed by atoms with E-state index in [-0.39, 0.29) is 5.39 Å². The number of halogens is 2. The lowest BCUT2D eigenvalue weighted by molar-refractivity contribution is 0.425. The Labute approximate surface area is 72.5 Å². The molecule has 0 saturated carbocycles. The van der Waals surface area contributed by atoms with Gasteiger partial charge in [-0.3, -0.25) is 0 Å². The Kier molecular flexibility index (Phi) is 1.62. The van der Waals surface area contributed by atoms with Crippen LogP contribution >= 0.6 is 0 Å². The Morgan fingerprint density at radius 1 is 1.23 bits per heavy atom. The first kappa shape index (κ1) is 7.91. The summed E-state index contributed by atoms with van der Waals surface area (Å²) >= 11 is 0. The molecule has 1 N–H and O–H groups in total. The maximum Gasteiger partial charge on any atom is 0.255 e. The predicted octanol–water partition coefficient (Wildman–Crippen LogP) is 2.22. The molecule has 0 aliphatic heterocycles. The van der Waals surface area contributed by atoms with Gasteiger partial charge in [0.1, 0.15) is 5.82 Å². The average Bonchev–Trinajstić information content (AvgIpc) is 2.12. The van der Waals surface area contributed by atoms with Crippen LogP contribution < -0.4 is 0 Å². The standard InChI is InChI=1S/C9H5F2NO/c10-6-1-2-7-5(3-6)4-12-9(11)8(7)13/h1-4,13H. The van der Waals surface area contributed by atoms with Gasteiger partial charge in [0.05, 0.1) is 0 Å². The molecule has 0 fully saturated rings. The normalized spacial score (nSPS) is 10.6. The molecule has 1 aromatic heterocycles. The van der Waals surface area contributed by atoms with Crippen LogP contribution in [0.4, 0.5) is 8.78 Å². The first-order valence-corrected chi connectivity index (χ1v) is 3.61. The fourth-order valence-electron chi connectivity index (χ4n) is 1.15. The fourth-order valence-corrected chi connectivity index (χ4v) is 1.15. The van der Waals surface area contributed by atoms with E-state index in [1.165, 1.54) is 18.3 Å². The highest BCUT2D eigenvalue weighted by molar-refractivity contribution is 5.87. The summed E-state index contributed by atoms with van der Waals surface area (Å²) < 4.78 is 25.4. The van der Waals surface area contributed by atoms with Crippen molar-refractivity contribution in [3.05, 3.63) is 36.2 Å². The third-order valence-electron chi connectivity index (χ3n) is 1.78. The van der Waals surface area contributed by atoms with Gasteiger partial charge in [-0.05, 0) is 18.2 Å². The minimum Gasteiger partial charge on any atom is -0.503 e. The molecule has 2 aromatic rings. The SMILES string of the molecule is Oc1c(F)ncc2cc(F)ccc12. The van der Waals surface area contributed by atoms with E-state index >= 15 is 0 Å². The molecular formula is C9H5F2NO. The number of hydrogen-bond acceptors (Lipinski definition) is 2. The van der Waals surface area contributed by atoms with Gasteiger partial charge in [0, 0.05) is 17.0 Å². The molecule has 0 amide bonds. The molecule has 1 aromatic carbocycles. The first-order chi connectivity index (χ1) is 6.18. The zero-order chi connectivity index (χ0) is 9.42. The van der Waals surface area contributed by atoms with Crippen LogP contribution in [-0.4, -0.2) is 10.1 Å². The molecule has 2 rings (SSSR count). The molecule has 1 heterocycles. The number of nitrogens with zero attached hydrogens (tertiary/aromatic N) is 1. The van der Waals surface area contributed by atoms with Crippen LogP contribution in [0.3, 0.4) is 0 Å². The quantitative estimate of drug-likeness (QED) is 0.632. The molecule has 0 spiro atoms. The lowest BCUT2D eigenvalue weighted by Crippen LogP contribution is -1.85. The molecule has 0 radical (unpaired) electrons. The zero-order valence-corrected chi connectivity index (χ0v) is 6.46. The molecule has 0 saturated heterocycles. The maximum atomic E-state index is 12.7. The molecule has 0 aliphatic rings. The number of rotatable bonds is 0. The Balaban J connectivity index is 2.87. The molecule has 13 heavy (non-hydrogen) atoms. The highest BCUT2D eigenvalue weighted by atomic mass is 19.1. The number of benzene rings is 1. The van der Waals surface area contributed by atoms with Crippen molar-refractivity contribution in [1.82, 2.24) is 4.98 Å². The lowest BCUT2D eigenvalue weighted by atomic mass is 10.1. The maximum absolute atomic E-state index is 12.7. The molecule has 0 aliphatic carbocycles. The van der Waals surface area contributed by atoms with Gasteiger partial charge in [-0.25, -0.2) is 9.37 Å². The van der Waals surface area contributed by atoms with Gasteiger partial charge < -0.3 is 5.11 Å². The van der Waals surface area contributed by atoms with E-state index in [0.29, 0.717) is 5.39 Å². The summed E-state index contributed by atoms with van der Waals surface area (Å²) in [6, 6.07) is 3.65. The Morgan fingerprint density at radius 2 is 2.00 bits per heavy atom. The predicted molar refractivity (Wildman–Crippen MR) is 43.3 cm³/mol. The number of pyridine rings is 1. The van der Waals surface area contributed by atoms with Crippen LogP contribution in [0.1, 0.15) is 0 Å². The van der Waals surface area contributed by atoms with Crippen molar-refractivity contribution in [2.75, 3.05) is 0 Å². The van der Waals surface area contributed by atoms with Crippen LogP contribution in [0.25, 0.3) is 10.8 Å². The molecular weight excluding hydrogens is 176 g/mol. The van der Waals surface area contributed by atoms with Crippen LogP contribution in [0.15, 0.2) is 24.4 Å². The van der Waals surface area contributed by atoms with E-state index in [1.807, 2.05) is 0 Å². The van der Waals surface area contributed by atoms with Crippen molar-refractivity contribution in [3.63, 3.8) is 0 Å². The molecule has 0 atom stereocenters. The van der Waals surface area contributed by atoms with Gasteiger partial charge in [0.2, 0.25) is 0 Å². The second-order valence-corrected chi connectivity index (χ2v) is 2.63. The molecule has 66 valence electrons. The van der Waals surface area contributed by atoms with E-state index in [4.69, 9.17) is 0 Å². The molecule has 4 heteroatoms. The third kappa shape index (κ3) is 1.20. The number of aromatic hydroxyl groups is 1. The minimum absolute atomic E-state index is 0.258. The largest absolute Gasteiger partial charge is 0.503 e. The third-order valence-corrected chi connectivity index (χ3v) is 1.78. The number of fused-ring (bicyclic) bond motifs is 1. The number of aromatic nitrogens is 1. The van der Waals surface area contributed by atoms with E-state index in [0.717, 1.165) is 6.07 Å². The first-order valence-electron chi connectivity index (χ1n) is 3.61. The van der Waals surface area contributed by atoms with Crippen molar-refractivity contribution in [3.8, 4) is 5.75 Å². The second-order valence-electron chi connectivity index (χ2n) is 2.63. The molecule has 2 nitrogen and oxygen atoms in total. The van der Waals surface area contributed by atoms with E-state index in [2.05, 4.69) is 4.98 Å². The van der Waals surface area contributed by atoms with Gasteiger partial charge in [0.25, 0.3) is 5.95 Å². The zero-order valence-electron chi connectivity index (χ0n) is 6.46. The lowest BCUT2D eigenvalue weighted by Gasteiger charge is -2.00. The van der Waals surface area contributed by atoms with Crippen molar-refractivity contribution in [2.24, 2.45) is 0 Å². The van der Waals surface area contributed by atoms with Gasteiger partial charge >= 0.3 is 0 Å². The second kappa shape index (κ2) is 2.65. The van der Waals surface area contributed by atoms with Crippen molar-refractivity contribution >= 4 is 10.8 Å². The van der Waals surface area contributed by atoms with Crippen molar-refractivity contribution in [1.29, 1.82) is 0 Å². The van der Waals surface area contributed by atoms with E-state index in [1.54, 1.807) is 0 Å². The summed E-state index contributed by atoms with van der Waals surface area (Å²) in [5.74, 6) is -1.93. The highest BCUT2D eigenvalue weighted by Gasteiger charge is 2.07. The summed E-state index contributed by atoms with van der Waals surface area (Å²) in [6.45, 7) is 0. The summed E-state index contributed by atoms with van der Waals surface area (Å²) in [4.78, 5) is 3.26. The van der Waals surface area contributed by atoms with E-state index in [9.17, 15) is 13.9 Å². The summed E-state index contributed by atoms with van der Waals surface area (Å²) in [6.07, 6.45) is 1.17. The van der Waals surface area contributed by atoms with Crippen LogP contribution in [0.5, 0.6) is 5.75 Å². The molecule has 0 bridgehead atoms. The Hall–Kier alpha value is -1.71. The van der Waals surface area contributed by atoms with Gasteiger partial charge in [-0.2, -0.15) is 4.39 Å². The van der Waals surface area contributed by atoms with Crippen LogP contribution in [0, 0.1) is 11.8 Å². The topological polar surface area (TPSA) is 33.1 Å². The highest BCUT2D eigenvalue weighted by Crippen LogP contribution is 2.25. The summed E-state index contributed by atoms with van der Waals surface area (Å²) in [7, 11) is 0. The van der Waals surface area contributed by atoms with Crippen molar-refractivity contribution in [2.45, 2.75) is 0 Å². The average molecular weight is 181 g/mol.